The first-order valence-corrected chi connectivity index (χ1v) is 30.6. The van der Waals surface area contributed by atoms with Crippen molar-refractivity contribution in [2.45, 2.75) is 273 Å². The van der Waals surface area contributed by atoms with E-state index in [0.29, 0.717) is 57.8 Å². The number of aliphatic hydroxyl groups excluding tert-OH is 15. The lowest BCUT2D eigenvalue weighted by Gasteiger charge is -2.71. The van der Waals surface area contributed by atoms with Crippen molar-refractivity contribution in [3.63, 3.8) is 0 Å². The molecule has 0 aromatic heterocycles. The molecule has 10 rings (SSSR count). The summed E-state index contributed by atoms with van der Waals surface area (Å²) >= 11 is 0. The van der Waals surface area contributed by atoms with E-state index < -0.39 is 183 Å². The molecule has 25 heteroatoms. The van der Waals surface area contributed by atoms with Crippen LogP contribution in [0.15, 0.2) is 11.6 Å². The predicted octanol–water partition coefficient (Wildman–Crippen LogP) is -2.13. The number of carbonyl (C=O) groups is 1. The molecule has 4 heterocycles. The van der Waals surface area contributed by atoms with Crippen molar-refractivity contribution in [1.29, 1.82) is 0 Å². The zero-order valence-electron chi connectivity index (χ0n) is 49.3. The Morgan fingerprint density at radius 2 is 1.21 bits per heavy atom. The van der Waals surface area contributed by atoms with Gasteiger partial charge in [0.1, 0.15) is 97.7 Å². The van der Waals surface area contributed by atoms with Crippen LogP contribution in [0.1, 0.15) is 126 Å². The van der Waals surface area contributed by atoms with Gasteiger partial charge in [0.05, 0.1) is 56.3 Å². The molecule has 6 aliphatic carbocycles. The van der Waals surface area contributed by atoms with E-state index in [2.05, 4.69) is 40.7 Å². The van der Waals surface area contributed by atoms with Crippen molar-refractivity contribution in [2.24, 2.45) is 50.2 Å². The van der Waals surface area contributed by atoms with Crippen LogP contribution >= 0.6 is 0 Å². The van der Waals surface area contributed by atoms with Crippen molar-refractivity contribution in [3.8, 4) is 0 Å². The molecule has 0 spiro atoms. The SMILES string of the molecule is C[C@@H]1O[C@@H](O[C@H]2[C@H](O[C@@H]3CC[C@]4(C)[C@H](CC[C@]5(C)[C@@H]4CC=C4[C@H]6CC(C)(C)CC[C@]6(C(=O)O[C@@H]6O[C@H](CO)[C@@H](O[C@@H]7O[C@H](CO)[C@@H](O)[C@H](O)[C@H]7O)[C@H](O)[C@H]6O)CC[C@]45C)[C@]3(C)CO)OC[C@@H](O)[C@@H]2O)[C@H](O)[C@H](O[C@H]2CC[C@@H](O)[C@H](O)[C@H]2O)[C@H]1O. The van der Waals surface area contributed by atoms with Gasteiger partial charge in [0.25, 0.3) is 0 Å². The quantitative estimate of drug-likeness (QED) is 0.0532. The highest BCUT2D eigenvalue weighted by Gasteiger charge is 2.71. The summed E-state index contributed by atoms with van der Waals surface area (Å²) < 4.78 is 54.5. The molecule has 25 nitrogen and oxygen atoms in total. The summed E-state index contributed by atoms with van der Waals surface area (Å²) in [5.41, 5.74) is -1.93. The highest BCUT2D eigenvalue weighted by molar-refractivity contribution is 5.79. The standard InChI is InChI=1S/C59H96O25/c1-25-36(65)47(78-30-10-9-28(63)37(66)39(30)68)45(74)51(77-25)83-48-38(67)29(64)23-76-52(48)81-35-13-14-55(4)33(56(35,5)24-62)12-15-58(7)34(55)11-8-26-27-20-54(2,3)16-18-59(27,19-17-57(26,58)6)53(75)84-50-44(73)42(71)46(32(22-61)80-50)82-49-43(72)41(70)40(69)31(21-60)79-49/h8,25,27-52,60-74H,9-24H2,1-7H3/t25-,27+,28+,29+,30-,31+,32+,33-,34+,35+,36-,37-,38-,39-,40+,41-,42+,43+,44+,45+,46+,47+,48+,49-,50-,51-,52-,55+,56-,57+,58+,59-/m0/s1. The van der Waals surface area contributed by atoms with Gasteiger partial charge in [-0.3, -0.25) is 4.79 Å². The average Bonchev–Trinajstić information content (AvgIpc) is 0.726. The van der Waals surface area contributed by atoms with Crippen LogP contribution in [0.4, 0.5) is 0 Å². The molecular weight excluding hydrogens is 1110 g/mol. The van der Waals surface area contributed by atoms with Crippen LogP contribution in [0, 0.1) is 50.2 Å². The Balaban J connectivity index is 0.852. The number of carbonyl (C=O) groups excluding carboxylic acids is 1. The number of aliphatic hydroxyl groups is 15. The maximum atomic E-state index is 15.1. The van der Waals surface area contributed by atoms with E-state index in [0.717, 1.165) is 6.42 Å². The van der Waals surface area contributed by atoms with Crippen LogP contribution in [-0.4, -0.2) is 256 Å². The third kappa shape index (κ3) is 10.8. The normalized spacial score (nSPS) is 54.9. The topological polar surface area (TPSA) is 404 Å². The van der Waals surface area contributed by atoms with Gasteiger partial charge in [-0.05, 0) is 123 Å². The number of hydrogen-bond acceptors (Lipinski definition) is 25. The van der Waals surface area contributed by atoms with E-state index in [4.69, 9.17) is 42.6 Å². The van der Waals surface area contributed by atoms with Gasteiger partial charge in [0.15, 0.2) is 18.9 Å². The zero-order chi connectivity index (χ0) is 61.1. The predicted molar refractivity (Wildman–Crippen MR) is 287 cm³/mol. The Hall–Kier alpha value is -1.71. The third-order valence-electron chi connectivity index (χ3n) is 23.3. The largest absolute Gasteiger partial charge is 0.432 e. The number of esters is 1. The molecule has 32 atom stereocenters. The molecule has 0 unspecified atom stereocenters. The van der Waals surface area contributed by atoms with E-state index in [1.54, 1.807) is 0 Å². The van der Waals surface area contributed by atoms with Crippen molar-refractivity contribution in [2.75, 3.05) is 26.4 Å². The summed E-state index contributed by atoms with van der Waals surface area (Å²) in [4.78, 5) is 15.1. The van der Waals surface area contributed by atoms with Crippen LogP contribution < -0.4 is 0 Å². The summed E-state index contributed by atoms with van der Waals surface area (Å²) in [6, 6.07) is 0. The van der Waals surface area contributed by atoms with E-state index >= 15 is 4.79 Å². The fourth-order valence-corrected chi connectivity index (χ4v) is 17.8. The van der Waals surface area contributed by atoms with Crippen molar-refractivity contribution < 1.29 is 124 Å². The molecule has 5 saturated carbocycles. The van der Waals surface area contributed by atoms with Gasteiger partial charge in [-0.2, -0.15) is 0 Å². The third-order valence-corrected chi connectivity index (χ3v) is 23.3. The fourth-order valence-electron chi connectivity index (χ4n) is 17.8. The lowest BCUT2D eigenvalue weighted by Crippen LogP contribution is -2.67. The minimum atomic E-state index is -1.90. The second-order valence-corrected chi connectivity index (χ2v) is 28.4. The number of hydrogen-bond donors (Lipinski definition) is 15. The van der Waals surface area contributed by atoms with Gasteiger partial charge < -0.3 is 119 Å². The first-order chi connectivity index (χ1) is 39.4. The number of ether oxygens (including phenoxy) is 9. The molecular formula is C59H96O25. The molecule has 4 aliphatic heterocycles. The van der Waals surface area contributed by atoms with E-state index in [-0.39, 0.29) is 60.1 Å². The Bertz CT molecular complexity index is 2330. The second-order valence-electron chi connectivity index (χ2n) is 28.4. The monoisotopic (exact) mass is 1200 g/mol. The summed E-state index contributed by atoms with van der Waals surface area (Å²) in [6.45, 7) is 12.8. The lowest BCUT2D eigenvalue weighted by atomic mass is 9.33. The summed E-state index contributed by atoms with van der Waals surface area (Å²) in [7, 11) is 0. The van der Waals surface area contributed by atoms with Crippen LogP contribution in [0.3, 0.4) is 0 Å². The van der Waals surface area contributed by atoms with E-state index in [1.165, 1.54) is 12.5 Å². The van der Waals surface area contributed by atoms with Crippen molar-refractivity contribution >= 4 is 5.97 Å². The van der Waals surface area contributed by atoms with Crippen LogP contribution in [0.25, 0.3) is 0 Å². The highest BCUT2D eigenvalue weighted by Crippen LogP contribution is 2.76. The van der Waals surface area contributed by atoms with Crippen LogP contribution in [0.5, 0.6) is 0 Å². The minimum Gasteiger partial charge on any atom is -0.432 e. The average molecular weight is 1210 g/mol. The number of fused-ring (bicyclic) bond motifs is 7. The number of allylic oxidation sites excluding steroid dienone is 2. The second kappa shape index (κ2) is 24.2. The van der Waals surface area contributed by atoms with Gasteiger partial charge in [-0.1, -0.05) is 53.2 Å². The Morgan fingerprint density at radius 3 is 1.90 bits per heavy atom. The zero-order valence-corrected chi connectivity index (χ0v) is 49.3. The van der Waals surface area contributed by atoms with Crippen LogP contribution in [-0.2, 0) is 47.4 Å². The fraction of sp³-hybridized carbons (Fsp3) is 0.949. The summed E-state index contributed by atoms with van der Waals surface area (Å²) in [5, 5.41) is 163. The smallest absolute Gasteiger partial charge is 0.315 e. The Labute approximate surface area is 489 Å². The summed E-state index contributed by atoms with van der Waals surface area (Å²) in [6.07, 6.45) is -26.9. The molecule has 9 fully saturated rings. The molecule has 0 aromatic rings. The molecule has 84 heavy (non-hydrogen) atoms. The molecule has 482 valence electrons. The van der Waals surface area contributed by atoms with Gasteiger partial charge in [0.2, 0.25) is 6.29 Å². The van der Waals surface area contributed by atoms with E-state index in [9.17, 15) is 76.6 Å². The van der Waals surface area contributed by atoms with Gasteiger partial charge in [-0.25, -0.2) is 0 Å². The first kappa shape index (κ1) is 65.2. The molecule has 0 radical (unpaired) electrons. The molecule has 0 amide bonds. The van der Waals surface area contributed by atoms with Gasteiger partial charge >= 0.3 is 5.97 Å². The lowest BCUT2D eigenvalue weighted by molar-refractivity contribution is -0.370. The Morgan fingerprint density at radius 1 is 0.560 bits per heavy atom. The highest BCUT2D eigenvalue weighted by atomic mass is 16.8. The molecule has 0 aromatic carbocycles. The maximum Gasteiger partial charge on any atom is 0.315 e. The van der Waals surface area contributed by atoms with Crippen molar-refractivity contribution in [1.82, 2.24) is 0 Å². The van der Waals surface area contributed by atoms with Crippen molar-refractivity contribution in [3.05, 3.63) is 11.6 Å². The Kier molecular flexibility index (Phi) is 18.8. The van der Waals surface area contributed by atoms with Crippen LogP contribution in [0.2, 0.25) is 0 Å². The maximum absolute atomic E-state index is 15.1. The van der Waals surface area contributed by atoms with E-state index in [1.807, 2.05) is 6.92 Å². The van der Waals surface area contributed by atoms with Gasteiger partial charge in [0, 0.05) is 5.41 Å². The first-order valence-electron chi connectivity index (χ1n) is 30.6. The summed E-state index contributed by atoms with van der Waals surface area (Å²) in [5.74, 6) is -0.849. The van der Waals surface area contributed by atoms with Gasteiger partial charge in [-0.15, -0.1) is 0 Å². The number of rotatable bonds is 13. The molecule has 4 saturated heterocycles. The minimum absolute atomic E-state index is 0.0872. The molecule has 15 N–H and O–H groups in total. The molecule has 0 bridgehead atoms. The molecule has 10 aliphatic rings.